The van der Waals surface area contributed by atoms with Gasteiger partial charge in [0, 0.05) is 6.08 Å². The summed E-state index contributed by atoms with van der Waals surface area (Å²) in [6.45, 7) is 11.3. The Kier molecular flexibility index (Phi) is 4.20. The van der Waals surface area contributed by atoms with Crippen LogP contribution < -0.4 is 0 Å². The molecule has 114 valence electrons. The first-order valence-corrected chi connectivity index (χ1v) is 6.69. The third-order valence-electron chi connectivity index (χ3n) is 3.21. The van der Waals surface area contributed by atoms with Gasteiger partial charge in [-0.15, -0.1) is 0 Å². The van der Waals surface area contributed by atoms with Crippen molar-refractivity contribution >= 4 is 5.97 Å². The van der Waals surface area contributed by atoms with Crippen LogP contribution in [0, 0.1) is 0 Å². The molecule has 6 nitrogen and oxygen atoms in total. The second-order valence-corrected chi connectivity index (χ2v) is 5.84. The number of hydrogen-bond acceptors (Lipinski definition) is 6. The molecule has 20 heavy (non-hydrogen) atoms. The van der Waals surface area contributed by atoms with E-state index in [0.717, 1.165) is 6.08 Å². The fraction of sp³-hybridized carbons (Fsp3) is 0.786. The van der Waals surface area contributed by atoms with E-state index in [2.05, 4.69) is 6.58 Å². The van der Waals surface area contributed by atoms with Crippen molar-refractivity contribution in [3.05, 3.63) is 12.7 Å². The molecule has 2 rings (SSSR count). The molecule has 0 aromatic carbocycles. The molecule has 0 aromatic rings. The lowest BCUT2D eigenvalue weighted by Gasteiger charge is -2.28. The summed E-state index contributed by atoms with van der Waals surface area (Å²) in [7, 11) is 0. The van der Waals surface area contributed by atoms with Crippen LogP contribution >= 0.6 is 0 Å². The monoisotopic (exact) mass is 286 g/mol. The zero-order valence-corrected chi connectivity index (χ0v) is 12.4. The summed E-state index contributed by atoms with van der Waals surface area (Å²) in [5.74, 6) is -1.91. The Morgan fingerprint density at radius 1 is 1.15 bits per heavy atom. The van der Waals surface area contributed by atoms with Crippen molar-refractivity contribution in [2.24, 2.45) is 0 Å². The van der Waals surface area contributed by atoms with Gasteiger partial charge in [-0.25, -0.2) is 4.79 Å². The standard InChI is InChI=1S/C14H22O6/c1-6-11(15)18-12(9-7-16-13(2,3)19-9)10-8-17-14(4,5)20-10/h6,9-10,12H,1,7-8H2,2-5H3/t9-,10+,12?. The summed E-state index contributed by atoms with van der Waals surface area (Å²) < 4.78 is 28.0. The summed E-state index contributed by atoms with van der Waals surface area (Å²) in [6.07, 6.45) is -0.258. The zero-order valence-electron chi connectivity index (χ0n) is 12.4. The molecule has 6 heteroatoms. The van der Waals surface area contributed by atoms with E-state index in [1.54, 1.807) is 0 Å². The van der Waals surface area contributed by atoms with Crippen LogP contribution in [-0.2, 0) is 28.5 Å². The molecule has 0 saturated carbocycles. The van der Waals surface area contributed by atoms with Crippen LogP contribution in [0.25, 0.3) is 0 Å². The summed E-state index contributed by atoms with van der Waals surface area (Å²) in [5, 5.41) is 0. The summed E-state index contributed by atoms with van der Waals surface area (Å²) in [6, 6.07) is 0. The highest BCUT2D eigenvalue weighted by Gasteiger charge is 2.47. The van der Waals surface area contributed by atoms with Crippen LogP contribution in [-0.4, -0.2) is 49.1 Å². The Morgan fingerprint density at radius 2 is 1.60 bits per heavy atom. The van der Waals surface area contributed by atoms with Crippen molar-refractivity contribution in [1.82, 2.24) is 0 Å². The van der Waals surface area contributed by atoms with Crippen molar-refractivity contribution in [2.45, 2.75) is 57.6 Å². The molecule has 0 radical (unpaired) electrons. The van der Waals surface area contributed by atoms with Crippen LogP contribution in [0.2, 0.25) is 0 Å². The van der Waals surface area contributed by atoms with Gasteiger partial charge in [0.25, 0.3) is 0 Å². The van der Waals surface area contributed by atoms with Gasteiger partial charge in [-0.1, -0.05) is 6.58 Å². The molecule has 0 spiro atoms. The average molecular weight is 286 g/mol. The fourth-order valence-corrected chi connectivity index (χ4v) is 2.33. The first-order chi connectivity index (χ1) is 9.22. The van der Waals surface area contributed by atoms with E-state index >= 15 is 0 Å². The summed E-state index contributed by atoms with van der Waals surface area (Å²) in [4.78, 5) is 11.5. The number of carbonyl (C=O) groups excluding carboxylic acids is 1. The van der Waals surface area contributed by atoms with Crippen LogP contribution in [0.3, 0.4) is 0 Å². The number of carbonyl (C=O) groups is 1. The topological polar surface area (TPSA) is 63.2 Å². The minimum Gasteiger partial charge on any atom is -0.453 e. The Hall–Kier alpha value is -0.950. The van der Waals surface area contributed by atoms with E-state index in [1.807, 2.05) is 27.7 Å². The van der Waals surface area contributed by atoms with Crippen LogP contribution in [0.15, 0.2) is 12.7 Å². The third kappa shape index (κ3) is 3.58. The quantitative estimate of drug-likeness (QED) is 0.575. The van der Waals surface area contributed by atoms with Crippen LogP contribution in [0.1, 0.15) is 27.7 Å². The highest BCUT2D eigenvalue weighted by molar-refractivity contribution is 5.81. The second-order valence-electron chi connectivity index (χ2n) is 5.84. The number of rotatable bonds is 4. The maximum absolute atomic E-state index is 11.5. The summed E-state index contributed by atoms with van der Waals surface area (Å²) in [5.41, 5.74) is 0. The van der Waals surface area contributed by atoms with Gasteiger partial charge >= 0.3 is 5.97 Å². The van der Waals surface area contributed by atoms with Gasteiger partial charge in [0.15, 0.2) is 17.7 Å². The fourth-order valence-electron chi connectivity index (χ4n) is 2.33. The third-order valence-corrected chi connectivity index (χ3v) is 3.21. The predicted octanol–water partition coefficient (Wildman–Crippen LogP) is 1.39. The lowest BCUT2D eigenvalue weighted by molar-refractivity contribution is -0.192. The normalized spacial score (nSPS) is 32.8. The molecule has 3 atom stereocenters. The van der Waals surface area contributed by atoms with Crippen molar-refractivity contribution in [3.63, 3.8) is 0 Å². The molecule has 2 fully saturated rings. The molecule has 2 aliphatic heterocycles. The molecule has 2 saturated heterocycles. The van der Waals surface area contributed by atoms with Crippen molar-refractivity contribution < 1.29 is 28.5 Å². The molecule has 2 heterocycles. The maximum atomic E-state index is 11.5. The maximum Gasteiger partial charge on any atom is 0.330 e. The van der Waals surface area contributed by atoms with Gasteiger partial charge in [-0.05, 0) is 27.7 Å². The minimum atomic E-state index is -0.696. The Balaban J connectivity index is 2.09. The van der Waals surface area contributed by atoms with Gasteiger partial charge in [0.2, 0.25) is 0 Å². The predicted molar refractivity (Wildman–Crippen MR) is 69.9 cm³/mol. The van der Waals surface area contributed by atoms with Gasteiger partial charge < -0.3 is 23.7 Å². The molecule has 0 amide bonds. The minimum absolute atomic E-state index is 0.336. The van der Waals surface area contributed by atoms with E-state index in [9.17, 15) is 4.79 Å². The largest absolute Gasteiger partial charge is 0.453 e. The average Bonchev–Trinajstić information content (AvgIpc) is 2.88. The van der Waals surface area contributed by atoms with Gasteiger partial charge in [-0.2, -0.15) is 0 Å². The summed E-state index contributed by atoms with van der Waals surface area (Å²) >= 11 is 0. The smallest absolute Gasteiger partial charge is 0.330 e. The van der Waals surface area contributed by atoms with Crippen LogP contribution in [0.4, 0.5) is 0 Å². The zero-order chi connectivity index (χ0) is 15.0. The van der Waals surface area contributed by atoms with Crippen molar-refractivity contribution in [2.75, 3.05) is 13.2 Å². The molecule has 2 aliphatic rings. The highest BCUT2D eigenvalue weighted by Crippen LogP contribution is 2.32. The van der Waals surface area contributed by atoms with E-state index in [0.29, 0.717) is 13.2 Å². The highest BCUT2D eigenvalue weighted by atomic mass is 16.8. The van der Waals surface area contributed by atoms with Gasteiger partial charge in [-0.3, -0.25) is 0 Å². The molecule has 0 aliphatic carbocycles. The van der Waals surface area contributed by atoms with Gasteiger partial charge in [0.05, 0.1) is 13.2 Å². The van der Waals surface area contributed by atoms with E-state index in [-0.39, 0.29) is 0 Å². The Labute approximate surface area is 119 Å². The molecular weight excluding hydrogens is 264 g/mol. The molecule has 0 N–H and O–H groups in total. The number of hydrogen-bond donors (Lipinski definition) is 0. The van der Waals surface area contributed by atoms with Gasteiger partial charge in [0.1, 0.15) is 12.2 Å². The Bertz CT molecular complexity index is 363. The van der Waals surface area contributed by atoms with E-state index < -0.39 is 35.9 Å². The number of ether oxygens (including phenoxy) is 5. The van der Waals surface area contributed by atoms with Crippen molar-refractivity contribution in [1.29, 1.82) is 0 Å². The second kappa shape index (κ2) is 5.44. The molecule has 0 bridgehead atoms. The van der Waals surface area contributed by atoms with E-state index in [1.165, 1.54) is 0 Å². The Morgan fingerprint density at radius 3 is 1.90 bits per heavy atom. The van der Waals surface area contributed by atoms with Crippen molar-refractivity contribution in [3.8, 4) is 0 Å². The first-order valence-electron chi connectivity index (χ1n) is 6.69. The lowest BCUT2D eigenvalue weighted by atomic mass is 10.1. The number of esters is 1. The molecular formula is C14H22O6. The lowest BCUT2D eigenvalue weighted by Crippen LogP contribution is -2.44. The molecule has 0 aromatic heterocycles. The SMILES string of the molecule is C=CC(=O)OC([C@@H]1COC(C)(C)O1)[C@H]1COC(C)(C)O1. The van der Waals surface area contributed by atoms with E-state index in [4.69, 9.17) is 23.7 Å². The van der Waals surface area contributed by atoms with Crippen LogP contribution in [0.5, 0.6) is 0 Å². The first kappa shape index (κ1) is 15.4. The molecule has 1 unspecified atom stereocenters.